The normalized spacial score (nSPS) is 11.8. The van der Waals surface area contributed by atoms with Crippen LogP contribution in [-0.4, -0.2) is 5.78 Å². The van der Waals surface area contributed by atoms with E-state index in [1.165, 1.54) is 24.3 Å². The molecule has 0 saturated carbocycles. The lowest BCUT2D eigenvalue weighted by molar-refractivity contribution is -0.137. The van der Waals surface area contributed by atoms with Crippen molar-refractivity contribution in [2.45, 2.75) is 6.18 Å². The van der Waals surface area contributed by atoms with Gasteiger partial charge in [-0.25, -0.2) is 0 Å². The molecule has 0 atom stereocenters. The molecule has 0 aliphatic heterocycles. The highest BCUT2D eigenvalue weighted by atomic mass is 19.4. The highest BCUT2D eigenvalue weighted by Gasteiger charge is 2.34. The fourth-order valence-corrected chi connectivity index (χ4v) is 1.77. The number of ketones is 1. The number of allylic oxidation sites excluding steroid dienone is 1. The van der Waals surface area contributed by atoms with E-state index in [9.17, 15) is 18.0 Å². The van der Waals surface area contributed by atoms with Crippen LogP contribution in [0.25, 0.3) is 6.08 Å². The fraction of sp³-hybridized carbons (Fsp3) is 0.0625. The van der Waals surface area contributed by atoms with Crippen molar-refractivity contribution in [3.05, 3.63) is 77.4 Å². The van der Waals surface area contributed by atoms with Crippen LogP contribution < -0.4 is 0 Å². The van der Waals surface area contributed by atoms with E-state index >= 15 is 0 Å². The maximum atomic E-state index is 12.8. The van der Waals surface area contributed by atoms with Gasteiger partial charge in [-0.2, -0.15) is 13.2 Å². The summed E-state index contributed by atoms with van der Waals surface area (Å²) >= 11 is 0. The molecule has 0 radical (unpaired) electrons. The quantitative estimate of drug-likeness (QED) is 0.591. The Morgan fingerprint density at radius 2 is 1.50 bits per heavy atom. The second-order valence-corrected chi connectivity index (χ2v) is 4.15. The second-order valence-electron chi connectivity index (χ2n) is 4.15. The molecule has 2 rings (SSSR count). The van der Waals surface area contributed by atoms with Crippen molar-refractivity contribution >= 4 is 11.9 Å². The fourth-order valence-electron chi connectivity index (χ4n) is 1.77. The van der Waals surface area contributed by atoms with Gasteiger partial charge in [-0.1, -0.05) is 54.6 Å². The van der Waals surface area contributed by atoms with Crippen LogP contribution in [0.3, 0.4) is 0 Å². The van der Waals surface area contributed by atoms with Gasteiger partial charge < -0.3 is 0 Å². The summed E-state index contributed by atoms with van der Waals surface area (Å²) in [7, 11) is 0. The molecular weight excluding hydrogens is 265 g/mol. The Kier molecular flexibility index (Phi) is 4.03. The van der Waals surface area contributed by atoms with Crippen molar-refractivity contribution in [3.63, 3.8) is 0 Å². The molecule has 0 fully saturated rings. The second kappa shape index (κ2) is 5.74. The standard InChI is InChI=1S/C16H11F3O/c17-16(18,19)14-9-5-4-8-13(14)15(20)11-10-12-6-2-1-3-7-12/h1-11H. The summed E-state index contributed by atoms with van der Waals surface area (Å²) in [5.41, 5.74) is -0.500. The molecule has 0 aliphatic rings. The molecule has 0 unspecified atom stereocenters. The maximum Gasteiger partial charge on any atom is 0.417 e. The van der Waals surface area contributed by atoms with Crippen LogP contribution in [0, 0.1) is 0 Å². The average molecular weight is 276 g/mol. The van der Waals surface area contributed by atoms with Gasteiger partial charge in [-0.05, 0) is 17.7 Å². The first kappa shape index (κ1) is 14.1. The lowest BCUT2D eigenvalue weighted by Crippen LogP contribution is -2.11. The Balaban J connectivity index is 2.29. The minimum absolute atomic E-state index is 0.341. The summed E-state index contributed by atoms with van der Waals surface area (Å²) in [4.78, 5) is 11.9. The third-order valence-electron chi connectivity index (χ3n) is 2.72. The topological polar surface area (TPSA) is 17.1 Å². The molecule has 20 heavy (non-hydrogen) atoms. The van der Waals surface area contributed by atoms with Crippen LogP contribution in [0.5, 0.6) is 0 Å². The zero-order chi connectivity index (χ0) is 14.6. The molecule has 0 aliphatic carbocycles. The highest BCUT2D eigenvalue weighted by molar-refractivity contribution is 6.07. The van der Waals surface area contributed by atoms with E-state index in [1.807, 2.05) is 6.07 Å². The molecule has 0 amide bonds. The van der Waals surface area contributed by atoms with E-state index in [4.69, 9.17) is 0 Å². The SMILES string of the molecule is O=C(C=Cc1ccccc1)c1ccccc1C(F)(F)F. The number of hydrogen-bond acceptors (Lipinski definition) is 1. The largest absolute Gasteiger partial charge is 0.417 e. The van der Waals surface area contributed by atoms with Gasteiger partial charge in [0.15, 0.2) is 5.78 Å². The van der Waals surface area contributed by atoms with Crippen molar-refractivity contribution in [2.24, 2.45) is 0 Å². The van der Waals surface area contributed by atoms with Crippen LogP contribution in [0.2, 0.25) is 0 Å². The number of hydrogen-bond donors (Lipinski definition) is 0. The smallest absolute Gasteiger partial charge is 0.289 e. The first-order chi connectivity index (χ1) is 9.48. The predicted octanol–water partition coefficient (Wildman–Crippen LogP) is 4.60. The summed E-state index contributed by atoms with van der Waals surface area (Å²) in [6.45, 7) is 0. The first-order valence-electron chi connectivity index (χ1n) is 5.92. The van der Waals surface area contributed by atoms with E-state index in [0.29, 0.717) is 0 Å². The molecule has 1 nitrogen and oxygen atoms in total. The number of rotatable bonds is 3. The molecule has 0 bridgehead atoms. The molecule has 0 heterocycles. The van der Waals surface area contributed by atoms with Gasteiger partial charge in [0, 0.05) is 5.56 Å². The number of carbonyl (C=O) groups excluding carboxylic acids is 1. The molecule has 2 aromatic rings. The summed E-state index contributed by atoms with van der Waals surface area (Å²) in [5.74, 6) is -0.665. The third-order valence-corrected chi connectivity index (χ3v) is 2.72. The van der Waals surface area contributed by atoms with Crippen LogP contribution in [0.4, 0.5) is 13.2 Å². The van der Waals surface area contributed by atoms with Crippen molar-refractivity contribution in [1.82, 2.24) is 0 Å². The van der Waals surface area contributed by atoms with Crippen LogP contribution >= 0.6 is 0 Å². The molecule has 0 N–H and O–H groups in total. The van der Waals surface area contributed by atoms with Gasteiger partial charge in [-0.15, -0.1) is 0 Å². The zero-order valence-electron chi connectivity index (χ0n) is 10.4. The lowest BCUT2D eigenvalue weighted by Gasteiger charge is -2.10. The summed E-state index contributed by atoms with van der Waals surface area (Å²) in [5, 5.41) is 0. The number of benzene rings is 2. The molecule has 102 valence electrons. The van der Waals surface area contributed by atoms with Crippen molar-refractivity contribution in [1.29, 1.82) is 0 Å². The average Bonchev–Trinajstić information content (AvgIpc) is 2.45. The van der Waals surface area contributed by atoms with Gasteiger partial charge in [0.05, 0.1) is 5.56 Å². The predicted molar refractivity (Wildman–Crippen MR) is 71.3 cm³/mol. The van der Waals surface area contributed by atoms with E-state index in [1.54, 1.807) is 24.3 Å². The van der Waals surface area contributed by atoms with Gasteiger partial charge in [0.1, 0.15) is 0 Å². The van der Waals surface area contributed by atoms with Gasteiger partial charge in [-0.3, -0.25) is 4.79 Å². The van der Waals surface area contributed by atoms with E-state index < -0.39 is 17.5 Å². The first-order valence-corrected chi connectivity index (χ1v) is 5.92. The molecule has 0 aromatic heterocycles. The zero-order valence-corrected chi connectivity index (χ0v) is 10.4. The summed E-state index contributed by atoms with van der Waals surface area (Å²) < 4.78 is 38.4. The maximum absolute atomic E-state index is 12.8. The van der Waals surface area contributed by atoms with Crippen LogP contribution in [0.15, 0.2) is 60.7 Å². The monoisotopic (exact) mass is 276 g/mol. The number of alkyl halides is 3. The Morgan fingerprint density at radius 1 is 0.900 bits per heavy atom. The Labute approximate surface area is 114 Å². The lowest BCUT2D eigenvalue weighted by atomic mass is 10.0. The number of halogens is 3. The number of carbonyl (C=O) groups is 1. The van der Waals surface area contributed by atoms with Crippen molar-refractivity contribution in [2.75, 3.05) is 0 Å². The van der Waals surface area contributed by atoms with E-state index in [0.717, 1.165) is 17.7 Å². The third kappa shape index (κ3) is 3.35. The van der Waals surface area contributed by atoms with Gasteiger partial charge in [0.25, 0.3) is 0 Å². The molecule has 0 spiro atoms. The molecule has 4 heteroatoms. The molecule has 2 aromatic carbocycles. The Hall–Kier alpha value is -2.36. The Morgan fingerprint density at radius 3 is 2.15 bits per heavy atom. The van der Waals surface area contributed by atoms with Crippen LogP contribution in [-0.2, 0) is 6.18 Å². The van der Waals surface area contributed by atoms with Crippen molar-refractivity contribution < 1.29 is 18.0 Å². The summed E-state index contributed by atoms with van der Waals surface area (Å²) in [6.07, 6.45) is -1.89. The summed E-state index contributed by atoms with van der Waals surface area (Å²) in [6, 6.07) is 13.7. The minimum atomic E-state index is -4.53. The highest BCUT2D eigenvalue weighted by Crippen LogP contribution is 2.32. The minimum Gasteiger partial charge on any atom is -0.289 e. The van der Waals surface area contributed by atoms with Crippen LogP contribution in [0.1, 0.15) is 21.5 Å². The van der Waals surface area contributed by atoms with Gasteiger partial charge >= 0.3 is 6.18 Å². The van der Waals surface area contributed by atoms with E-state index in [2.05, 4.69) is 0 Å². The molecule has 0 saturated heterocycles. The molecular formula is C16H11F3O. The van der Waals surface area contributed by atoms with E-state index in [-0.39, 0.29) is 5.56 Å². The Bertz CT molecular complexity index is 628. The van der Waals surface area contributed by atoms with Crippen molar-refractivity contribution in [3.8, 4) is 0 Å². The van der Waals surface area contributed by atoms with Gasteiger partial charge in [0.2, 0.25) is 0 Å².